The highest BCUT2D eigenvalue weighted by molar-refractivity contribution is 14.1. The number of hydrogen-bond acceptors (Lipinski definition) is 2. The lowest BCUT2D eigenvalue weighted by Gasteiger charge is -2.01. The third kappa shape index (κ3) is 2.41. The highest BCUT2D eigenvalue weighted by Gasteiger charge is 2.06. The van der Waals surface area contributed by atoms with Gasteiger partial charge < -0.3 is 0 Å². The van der Waals surface area contributed by atoms with Crippen LogP contribution in [0.15, 0.2) is 30.3 Å². The molecule has 1 nitrogen and oxygen atoms in total. The van der Waals surface area contributed by atoms with Crippen LogP contribution in [0.4, 0.5) is 0 Å². The molecule has 15 heavy (non-hydrogen) atoms. The summed E-state index contributed by atoms with van der Waals surface area (Å²) in [4.78, 5) is 12.4. The minimum absolute atomic E-state index is 0.732. The maximum absolute atomic E-state index is 10.6. The Bertz CT molecular complexity index is 507. The average Bonchev–Trinajstić information content (AvgIpc) is 2.66. The van der Waals surface area contributed by atoms with Crippen LogP contribution < -0.4 is 0 Å². The number of halogens is 2. The molecule has 0 fully saturated rings. The van der Waals surface area contributed by atoms with E-state index in [0.717, 1.165) is 30.2 Å². The fourth-order valence-electron chi connectivity index (χ4n) is 1.25. The molecule has 0 unspecified atom stereocenters. The molecule has 0 aliphatic heterocycles. The minimum atomic E-state index is 0.732. The van der Waals surface area contributed by atoms with Crippen LogP contribution in [0, 0.1) is 3.57 Å². The lowest BCUT2D eigenvalue weighted by atomic mass is 10.2. The zero-order chi connectivity index (χ0) is 10.8. The summed E-state index contributed by atoms with van der Waals surface area (Å²) in [5, 5.41) is 0.732. The van der Waals surface area contributed by atoms with Gasteiger partial charge >= 0.3 is 0 Å². The van der Waals surface area contributed by atoms with E-state index in [1.807, 2.05) is 30.3 Å². The van der Waals surface area contributed by atoms with Crippen LogP contribution in [0.25, 0.3) is 10.4 Å². The van der Waals surface area contributed by atoms with Gasteiger partial charge in [0.1, 0.15) is 0 Å². The van der Waals surface area contributed by atoms with Gasteiger partial charge in [-0.05, 0) is 46.9 Å². The van der Waals surface area contributed by atoms with Gasteiger partial charge in [0.2, 0.25) is 0 Å². The molecule has 0 saturated heterocycles. The van der Waals surface area contributed by atoms with E-state index in [1.54, 1.807) is 0 Å². The predicted molar refractivity (Wildman–Crippen MR) is 72.9 cm³/mol. The first-order chi connectivity index (χ1) is 7.20. The Morgan fingerprint density at radius 2 is 2.07 bits per heavy atom. The second-order valence-corrected chi connectivity index (χ2v) is 5.66. The van der Waals surface area contributed by atoms with Gasteiger partial charge in [0.15, 0.2) is 6.29 Å². The van der Waals surface area contributed by atoms with Crippen LogP contribution in [-0.4, -0.2) is 6.29 Å². The smallest absolute Gasteiger partial charge is 0.160 e. The van der Waals surface area contributed by atoms with Crippen molar-refractivity contribution in [2.24, 2.45) is 0 Å². The Hall–Kier alpha value is -0.390. The first kappa shape index (κ1) is 11.1. The maximum atomic E-state index is 10.6. The largest absolute Gasteiger partial charge is 0.297 e. The summed E-state index contributed by atoms with van der Waals surface area (Å²) in [6, 6.07) is 9.54. The molecule has 2 aromatic rings. The Labute approximate surface area is 110 Å². The van der Waals surface area contributed by atoms with Crippen molar-refractivity contribution in [3.8, 4) is 10.4 Å². The van der Waals surface area contributed by atoms with E-state index in [4.69, 9.17) is 11.6 Å². The lowest BCUT2D eigenvalue weighted by molar-refractivity contribution is 0.112. The quantitative estimate of drug-likeness (QED) is 0.577. The first-order valence-corrected chi connectivity index (χ1v) is 6.48. The van der Waals surface area contributed by atoms with Gasteiger partial charge in [-0.15, -0.1) is 11.3 Å². The molecule has 0 N–H and O–H groups in total. The van der Waals surface area contributed by atoms with Gasteiger partial charge in [-0.1, -0.05) is 17.7 Å². The number of hydrogen-bond donors (Lipinski definition) is 0. The van der Waals surface area contributed by atoms with Crippen molar-refractivity contribution in [1.29, 1.82) is 0 Å². The summed E-state index contributed by atoms with van der Waals surface area (Å²) in [5.74, 6) is 0. The monoisotopic (exact) mass is 348 g/mol. The van der Waals surface area contributed by atoms with Gasteiger partial charge in [0.25, 0.3) is 0 Å². The third-order valence-electron chi connectivity index (χ3n) is 1.94. The summed E-state index contributed by atoms with van der Waals surface area (Å²) in [6.45, 7) is 0. The average molecular weight is 349 g/mol. The van der Waals surface area contributed by atoms with Crippen molar-refractivity contribution in [2.75, 3.05) is 0 Å². The number of carbonyl (C=O) groups excluding carboxylic acids is 1. The Morgan fingerprint density at radius 3 is 2.67 bits per heavy atom. The SMILES string of the molecule is O=Cc1ccc(-c2ccc(Cl)cc2I)s1. The number of rotatable bonds is 2. The van der Waals surface area contributed by atoms with Crippen molar-refractivity contribution in [2.45, 2.75) is 0 Å². The number of thiophene rings is 1. The molecule has 0 amide bonds. The highest BCUT2D eigenvalue weighted by atomic mass is 127. The summed E-state index contributed by atoms with van der Waals surface area (Å²) < 4.78 is 1.10. The van der Waals surface area contributed by atoms with Gasteiger partial charge in [0.05, 0.1) is 4.88 Å². The second kappa shape index (κ2) is 4.63. The van der Waals surface area contributed by atoms with Crippen LogP contribution in [0.5, 0.6) is 0 Å². The molecule has 0 aliphatic rings. The molecule has 0 radical (unpaired) electrons. The van der Waals surface area contributed by atoms with Gasteiger partial charge in [-0.25, -0.2) is 0 Å². The molecular formula is C11H6ClIOS. The molecule has 0 saturated carbocycles. The Balaban J connectivity index is 2.49. The fraction of sp³-hybridized carbons (Fsp3) is 0. The number of benzene rings is 1. The lowest BCUT2D eigenvalue weighted by Crippen LogP contribution is -1.78. The molecule has 76 valence electrons. The van der Waals surface area contributed by atoms with E-state index >= 15 is 0 Å². The zero-order valence-electron chi connectivity index (χ0n) is 7.54. The van der Waals surface area contributed by atoms with Crippen molar-refractivity contribution < 1.29 is 4.79 Å². The normalized spacial score (nSPS) is 10.3. The van der Waals surface area contributed by atoms with Crippen LogP contribution >= 0.6 is 45.5 Å². The maximum Gasteiger partial charge on any atom is 0.160 e. The van der Waals surface area contributed by atoms with Crippen LogP contribution in [0.3, 0.4) is 0 Å². The van der Waals surface area contributed by atoms with E-state index in [-0.39, 0.29) is 0 Å². The first-order valence-electron chi connectivity index (χ1n) is 4.21. The number of carbonyl (C=O) groups is 1. The Kier molecular flexibility index (Phi) is 3.43. The van der Waals surface area contributed by atoms with E-state index in [9.17, 15) is 4.79 Å². The zero-order valence-corrected chi connectivity index (χ0v) is 11.3. The summed E-state index contributed by atoms with van der Waals surface area (Å²) in [7, 11) is 0. The molecule has 0 atom stereocenters. The minimum Gasteiger partial charge on any atom is -0.297 e. The van der Waals surface area contributed by atoms with Crippen molar-refractivity contribution in [3.63, 3.8) is 0 Å². The molecule has 1 heterocycles. The summed E-state index contributed by atoms with van der Waals surface area (Å²) in [6.07, 6.45) is 0.872. The molecule has 1 aromatic carbocycles. The summed E-state index contributed by atoms with van der Waals surface area (Å²) >= 11 is 9.61. The highest BCUT2D eigenvalue weighted by Crippen LogP contribution is 2.32. The van der Waals surface area contributed by atoms with Crippen LogP contribution in [-0.2, 0) is 0 Å². The van der Waals surface area contributed by atoms with Crippen molar-refractivity contribution in [1.82, 2.24) is 0 Å². The van der Waals surface area contributed by atoms with Crippen molar-refractivity contribution in [3.05, 3.63) is 43.8 Å². The van der Waals surface area contributed by atoms with E-state index < -0.39 is 0 Å². The molecule has 0 spiro atoms. The van der Waals surface area contributed by atoms with Gasteiger partial charge in [0, 0.05) is 19.0 Å². The molecule has 2 rings (SSSR count). The van der Waals surface area contributed by atoms with Crippen molar-refractivity contribution >= 4 is 51.8 Å². The number of aldehydes is 1. The molecule has 4 heteroatoms. The molecule has 1 aromatic heterocycles. The van der Waals surface area contributed by atoms with E-state index in [0.29, 0.717) is 0 Å². The van der Waals surface area contributed by atoms with E-state index in [2.05, 4.69) is 22.6 Å². The standard InChI is InChI=1S/C11H6ClIOS/c12-7-1-3-9(10(13)5-7)11-4-2-8(6-14)15-11/h1-6H. The van der Waals surface area contributed by atoms with Crippen LogP contribution in [0.1, 0.15) is 9.67 Å². The van der Waals surface area contributed by atoms with Crippen LogP contribution in [0.2, 0.25) is 5.02 Å². The second-order valence-electron chi connectivity index (χ2n) is 2.94. The summed E-state index contributed by atoms with van der Waals surface area (Å²) in [5.41, 5.74) is 1.12. The van der Waals surface area contributed by atoms with Gasteiger partial charge in [-0.2, -0.15) is 0 Å². The molecule has 0 aliphatic carbocycles. The van der Waals surface area contributed by atoms with E-state index in [1.165, 1.54) is 11.3 Å². The molecular weight excluding hydrogens is 343 g/mol. The van der Waals surface area contributed by atoms with Gasteiger partial charge in [-0.3, -0.25) is 4.79 Å². The third-order valence-corrected chi connectivity index (χ3v) is 4.11. The Morgan fingerprint density at radius 1 is 1.27 bits per heavy atom. The fourth-order valence-corrected chi connectivity index (χ4v) is 3.46. The predicted octanol–water partition coefficient (Wildman–Crippen LogP) is 4.49. The topological polar surface area (TPSA) is 17.1 Å². The molecule has 0 bridgehead atoms.